The molecule has 0 aliphatic carbocycles. The van der Waals surface area contributed by atoms with E-state index in [-0.39, 0.29) is 10.8 Å². The van der Waals surface area contributed by atoms with Crippen molar-refractivity contribution in [1.82, 2.24) is 0 Å². The molecular weight excluding hydrogens is 206 g/mol. The number of aliphatic imine (C=N–C) groups is 1. The minimum Gasteiger partial charge on any atom is -0.507 e. The number of nitrogens with zero attached hydrogens (tertiary/aromatic N) is 1. The monoisotopic (exact) mass is 221 g/mol. The lowest BCUT2D eigenvalue weighted by Gasteiger charge is -2.20. The summed E-state index contributed by atoms with van der Waals surface area (Å²) in [5.74, 6) is 0.314. The minimum atomic E-state index is 0.123. The predicted octanol–water partition coefficient (Wildman–Crippen LogP) is 3.05. The summed E-state index contributed by atoms with van der Waals surface area (Å²) < 4.78 is 0.123. The zero-order valence-corrected chi connectivity index (χ0v) is 10.0. The van der Waals surface area contributed by atoms with Crippen LogP contribution in [0.25, 0.3) is 0 Å². The first-order chi connectivity index (χ1) is 7.00. The zero-order valence-electron chi connectivity index (χ0n) is 9.19. The molecule has 1 aromatic rings. The average molecular weight is 221 g/mol. The second-order valence-electron chi connectivity index (χ2n) is 4.33. The molecule has 1 aliphatic heterocycles. The highest BCUT2D eigenvalue weighted by Crippen LogP contribution is 2.40. The second-order valence-corrected chi connectivity index (χ2v) is 5.98. The number of benzene rings is 1. The van der Waals surface area contributed by atoms with E-state index in [1.165, 1.54) is 0 Å². The van der Waals surface area contributed by atoms with Gasteiger partial charge in [-0.25, -0.2) is 0 Å². The Morgan fingerprint density at radius 1 is 1.33 bits per heavy atom. The third kappa shape index (κ3) is 1.88. The van der Waals surface area contributed by atoms with Crippen LogP contribution in [0.5, 0.6) is 5.75 Å². The van der Waals surface area contributed by atoms with Crippen LogP contribution in [0, 0.1) is 0 Å². The molecule has 1 atom stereocenters. The normalized spacial score (nSPS) is 23.9. The number of hydrogen-bond acceptors (Lipinski definition) is 3. The van der Waals surface area contributed by atoms with Crippen molar-refractivity contribution in [2.45, 2.75) is 31.6 Å². The molecule has 0 radical (unpaired) electrons. The first-order valence-electron chi connectivity index (χ1n) is 5.06. The van der Waals surface area contributed by atoms with Crippen LogP contribution >= 0.6 is 11.8 Å². The van der Waals surface area contributed by atoms with Gasteiger partial charge in [-0.2, -0.15) is 0 Å². The maximum absolute atomic E-state index is 9.73. The van der Waals surface area contributed by atoms with E-state index in [9.17, 15) is 5.11 Å². The van der Waals surface area contributed by atoms with E-state index in [1.54, 1.807) is 17.8 Å². The summed E-state index contributed by atoms with van der Waals surface area (Å²) in [7, 11) is 0. The third-order valence-electron chi connectivity index (χ3n) is 2.81. The van der Waals surface area contributed by atoms with E-state index in [2.05, 4.69) is 25.8 Å². The lowest BCUT2D eigenvalue weighted by molar-refractivity contribution is 0.474. The fourth-order valence-electron chi connectivity index (χ4n) is 1.47. The molecule has 1 heterocycles. The second kappa shape index (κ2) is 3.56. The number of phenols is 1. The van der Waals surface area contributed by atoms with E-state index in [0.717, 1.165) is 10.6 Å². The Morgan fingerprint density at radius 2 is 2.00 bits per heavy atom. The maximum Gasteiger partial charge on any atom is 0.125 e. The van der Waals surface area contributed by atoms with Crippen LogP contribution in [0.3, 0.4) is 0 Å². The summed E-state index contributed by atoms with van der Waals surface area (Å²) in [5.41, 5.74) is 0.847. The van der Waals surface area contributed by atoms with Gasteiger partial charge in [-0.1, -0.05) is 23.9 Å². The lowest BCUT2D eigenvalue weighted by Crippen LogP contribution is -2.24. The molecule has 1 aliphatic rings. The van der Waals surface area contributed by atoms with Gasteiger partial charge in [-0.3, -0.25) is 4.99 Å². The lowest BCUT2D eigenvalue weighted by atomic mass is 10.1. The molecule has 2 nitrogen and oxygen atoms in total. The van der Waals surface area contributed by atoms with Crippen molar-refractivity contribution >= 4 is 16.8 Å². The van der Waals surface area contributed by atoms with Crippen molar-refractivity contribution < 1.29 is 5.11 Å². The SMILES string of the molecule is CC1N=C(c2ccccc2O)SC1(C)C. The third-order valence-corrected chi connectivity index (χ3v) is 4.20. The highest BCUT2D eigenvalue weighted by molar-refractivity contribution is 8.15. The summed E-state index contributed by atoms with van der Waals surface area (Å²) in [6.07, 6.45) is 0. The Hall–Kier alpha value is -0.960. The first-order valence-corrected chi connectivity index (χ1v) is 5.87. The fraction of sp³-hybridized carbons (Fsp3) is 0.417. The Morgan fingerprint density at radius 3 is 2.53 bits per heavy atom. The Kier molecular flexibility index (Phi) is 2.51. The van der Waals surface area contributed by atoms with Gasteiger partial charge in [0, 0.05) is 10.3 Å². The summed E-state index contributed by atoms with van der Waals surface area (Å²) in [5, 5.41) is 10.7. The van der Waals surface area contributed by atoms with Gasteiger partial charge in [-0.15, -0.1) is 0 Å². The molecule has 1 aromatic carbocycles. The van der Waals surface area contributed by atoms with Gasteiger partial charge >= 0.3 is 0 Å². The van der Waals surface area contributed by atoms with Crippen molar-refractivity contribution in [3.05, 3.63) is 29.8 Å². The highest BCUT2D eigenvalue weighted by atomic mass is 32.2. The fourth-order valence-corrected chi connectivity index (χ4v) is 2.69. The molecule has 80 valence electrons. The van der Waals surface area contributed by atoms with Gasteiger partial charge in [0.15, 0.2) is 0 Å². The van der Waals surface area contributed by atoms with Crippen LogP contribution in [-0.4, -0.2) is 20.9 Å². The summed E-state index contributed by atoms with van der Waals surface area (Å²) in [6, 6.07) is 7.66. The van der Waals surface area contributed by atoms with Gasteiger partial charge in [0.1, 0.15) is 10.8 Å². The van der Waals surface area contributed by atoms with Crippen LogP contribution in [-0.2, 0) is 0 Å². The van der Waals surface area contributed by atoms with Crippen molar-refractivity contribution in [2.75, 3.05) is 0 Å². The Bertz CT molecular complexity index is 412. The van der Waals surface area contributed by atoms with E-state index >= 15 is 0 Å². The van der Waals surface area contributed by atoms with Gasteiger partial charge in [0.2, 0.25) is 0 Å². The number of rotatable bonds is 1. The van der Waals surface area contributed by atoms with Gasteiger partial charge < -0.3 is 5.11 Å². The molecule has 0 aromatic heterocycles. The van der Waals surface area contributed by atoms with Crippen LogP contribution in [0.1, 0.15) is 26.3 Å². The molecule has 3 heteroatoms. The number of aromatic hydroxyl groups is 1. The van der Waals surface area contributed by atoms with Gasteiger partial charge in [0.25, 0.3) is 0 Å². The van der Waals surface area contributed by atoms with E-state index in [4.69, 9.17) is 0 Å². The largest absolute Gasteiger partial charge is 0.507 e. The number of hydrogen-bond donors (Lipinski definition) is 1. The van der Waals surface area contributed by atoms with Crippen LogP contribution in [0.4, 0.5) is 0 Å². The van der Waals surface area contributed by atoms with E-state index in [1.807, 2.05) is 18.2 Å². The molecule has 0 saturated heterocycles. The molecule has 0 fully saturated rings. The van der Waals surface area contributed by atoms with Crippen LogP contribution in [0.2, 0.25) is 0 Å². The molecule has 0 spiro atoms. The van der Waals surface area contributed by atoms with E-state index < -0.39 is 0 Å². The van der Waals surface area contributed by atoms with Crippen molar-refractivity contribution in [1.29, 1.82) is 0 Å². The van der Waals surface area contributed by atoms with Gasteiger partial charge in [-0.05, 0) is 32.9 Å². The smallest absolute Gasteiger partial charge is 0.125 e. The predicted molar refractivity (Wildman–Crippen MR) is 65.8 cm³/mol. The topological polar surface area (TPSA) is 32.6 Å². The van der Waals surface area contributed by atoms with E-state index in [0.29, 0.717) is 5.75 Å². The van der Waals surface area contributed by atoms with Crippen LogP contribution < -0.4 is 0 Å². The zero-order chi connectivity index (χ0) is 11.1. The molecule has 0 bridgehead atoms. The molecule has 0 saturated carbocycles. The highest BCUT2D eigenvalue weighted by Gasteiger charge is 2.35. The Balaban J connectivity index is 2.36. The minimum absolute atomic E-state index is 0.123. The molecule has 1 unspecified atom stereocenters. The maximum atomic E-state index is 9.73. The molecule has 0 amide bonds. The van der Waals surface area contributed by atoms with Crippen LogP contribution in [0.15, 0.2) is 29.3 Å². The molecule has 15 heavy (non-hydrogen) atoms. The first kappa shape index (κ1) is 10.6. The summed E-state index contributed by atoms with van der Waals surface area (Å²) in [4.78, 5) is 4.59. The standard InChI is InChI=1S/C12H15NOS/c1-8-12(2,3)15-11(13-8)9-6-4-5-7-10(9)14/h4-8,14H,1-3H3. The molecule has 1 N–H and O–H groups in total. The molecule has 2 rings (SSSR count). The summed E-state index contributed by atoms with van der Waals surface area (Å²) >= 11 is 1.73. The quantitative estimate of drug-likeness (QED) is 0.790. The number of phenolic OH excluding ortho intramolecular Hbond substituents is 1. The van der Waals surface area contributed by atoms with Crippen molar-refractivity contribution in [3.63, 3.8) is 0 Å². The number of thioether (sulfide) groups is 1. The Labute approximate surface area is 94.4 Å². The van der Waals surface area contributed by atoms with Crippen molar-refractivity contribution in [2.24, 2.45) is 4.99 Å². The summed E-state index contributed by atoms with van der Waals surface area (Å²) in [6.45, 7) is 6.47. The van der Waals surface area contributed by atoms with Crippen molar-refractivity contribution in [3.8, 4) is 5.75 Å². The number of para-hydroxylation sites is 1. The van der Waals surface area contributed by atoms with Gasteiger partial charge in [0.05, 0.1) is 6.04 Å². The molecular formula is C12H15NOS. The average Bonchev–Trinajstić information content (AvgIpc) is 2.42.